The quantitative estimate of drug-likeness (QED) is 0.103. The summed E-state index contributed by atoms with van der Waals surface area (Å²) in [5.74, 6) is 0.561. The van der Waals surface area contributed by atoms with Gasteiger partial charge in [-0.3, -0.25) is 9.36 Å². The number of halogens is 1. The molecule has 0 radical (unpaired) electrons. The Morgan fingerprint density at radius 3 is 2.45 bits per heavy atom. The van der Waals surface area contributed by atoms with Crippen molar-refractivity contribution < 1.29 is 19.1 Å². The molecule has 0 fully saturated rings. The van der Waals surface area contributed by atoms with Crippen molar-refractivity contribution in [2.24, 2.45) is 0 Å². The van der Waals surface area contributed by atoms with Crippen molar-refractivity contribution in [2.75, 3.05) is 18.2 Å². The number of carbonyl (C=O) groups is 2. The number of thiophene rings is 1. The number of methoxy groups -OCH3 is 1. The number of hydrogen-bond donors (Lipinski definition) is 1. The average Bonchev–Trinajstić information content (AvgIpc) is 3.56. The second kappa shape index (κ2) is 13.6. The molecule has 1 amide bonds. The number of amides is 1. The predicted molar refractivity (Wildman–Crippen MR) is 170 cm³/mol. The van der Waals surface area contributed by atoms with E-state index in [0.29, 0.717) is 38.7 Å². The van der Waals surface area contributed by atoms with Crippen molar-refractivity contribution in [1.29, 1.82) is 0 Å². The number of hydrogen-bond acceptors (Lipinski definition) is 8. The molecule has 0 aliphatic heterocycles. The Bertz CT molecular complexity index is 1560. The van der Waals surface area contributed by atoms with E-state index in [1.165, 1.54) is 35.8 Å². The largest absolute Gasteiger partial charge is 0.483 e. The van der Waals surface area contributed by atoms with Crippen molar-refractivity contribution in [1.82, 2.24) is 14.8 Å². The van der Waals surface area contributed by atoms with Crippen LogP contribution in [-0.2, 0) is 21.5 Å². The molecule has 220 valence electrons. The number of benzene rings is 2. The smallest absolute Gasteiger partial charge is 0.341 e. The number of aromatic nitrogens is 3. The van der Waals surface area contributed by atoms with E-state index in [-0.39, 0.29) is 23.2 Å². The van der Waals surface area contributed by atoms with E-state index < -0.39 is 5.97 Å². The third kappa shape index (κ3) is 7.42. The summed E-state index contributed by atoms with van der Waals surface area (Å²) in [6, 6.07) is 15.1. The molecule has 2 aromatic heterocycles. The van der Waals surface area contributed by atoms with Gasteiger partial charge in [-0.05, 0) is 47.7 Å². The summed E-state index contributed by atoms with van der Waals surface area (Å²) in [5.41, 5.74) is 3.01. The molecule has 1 N–H and O–H groups in total. The zero-order valence-electron chi connectivity index (χ0n) is 24.1. The first-order valence-electron chi connectivity index (χ1n) is 13.2. The van der Waals surface area contributed by atoms with Crippen LogP contribution >= 0.6 is 34.7 Å². The van der Waals surface area contributed by atoms with Gasteiger partial charge in [0.05, 0.1) is 12.9 Å². The maximum Gasteiger partial charge on any atom is 0.341 e. The van der Waals surface area contributed by atoms with E-state index in [4.69, 9.17) is 21.1 Å². The molecule has 4 rings (SSSR count). The lowest BCUT2D eigenvalue weighted by atomic mass is 9.87. The van der Waals surface area contributed by atoms with Gasteiger partial charge in [0.15, 0.2) is 17.1 Å². The number of nitrogens with zero attached hydrogens (tertiary/aromatic N) is 3. The van der Waals surface area contributed by atoms with Crippen LogP contribution in [0.25, 0.3) is 11.1 Å². The van der Waals surface area contributed by atoms with Gasteiger partial charge in [-0.1, -0.05) is 74.5 Å². The van der Waals surface area contributed by atoms with Crippen LogP contribution in [0.5, 0.6) is 5.75 Å². The van der Waals surface area contributed by atoms with E-state index >= 15 is 0 Å². The second-order valence-corrected chi connectivity index (χ2v) is 12.7. The highest BCUT2D eigenvalue weighted by Crippen LogP contribution is 2.37. The second-order valence-electron chi connectivity index (χ2n) is 10.5. The normalized spacial score (nSPS) is 12.0. The molecule has 1 unspecified atom stereocenters. The minimum atomic E-state index is -0.540. The molecule has 42 heavy (non-hydrogen) atoms. The molecule has 0 aliphatic rings. The zero-order chi connectivity index (χ0) is 30.4. The van der Waals surface area contributed by atoms with Gasteiger partial charge in [0.1, 0.15) is 16.3 Å². The topological polar surface area (TPSA) is 95.3 Å². The maximum absolute atomic E-state index is 13.0. The summed E-state index contributed by atoms with van der Waals surface area (Å²) < 4.78 is 13.1. The standard InChI is InChI=1S/C31H33ClN4O4S2/c1-7-16-36-27(19(2)40-23-14-10-21(11-15-23)31(3,4)5)34-35-30(36)42-18-25(37)33-28-26(29(38)39-6)24(17-41-28)20-8-12-22(32)13-9-20/h7-15,17,19H,1,16,18H2,2-6H3,(H,33,37). The van der Waals surface area contributed by atoms with Gasteiger partial charge in [0.25, 0.3) is 0 Å². The van der Waals surface area contributed by atoms with Gasteiger partial charge < -0.3 is 14.8 Å². The number of thioether (sulfide) groups is 1. The number of nitrogens with one attached hydrogen (secondary N) is 1. The minimum absolute atomic E-state index is 0.0492. The summed E-state index contributed by atoms with van der Waals surface area (Å²) in [5, 5.41) is 14.9. The van der Waals surface area contributed by atoms with Gasteiger partial charge in [-0.2, -0.15) is 0 Å². The van der Waals surface area contributed by atoms with E-state index in [1.807, 2.05) is 41.1 Å². The van der Waals surface area contributed by atoms with Crippen LogP contribution in [0.1, 0.15) is 55.5 Å². The van der Waals surface area contributed by atoms with Crippen LogP contribution in [0, 0.1) is 0 Å². The van der Waals surface area contributed by atoms with E-state index in [0.717, 1.165) is 11.3 Å². The van der Waals surface area contributed by atoms with Crippen LogP contribution in [0.2, 0.25) is 5.02 Å². The van der Waals surface area contributed by atoms with E-state index in [1.54, 1.807) is 18.2 Å². The maximum atomic E-state index is 13.0. The molecular formula is C31H33ClN4O4S2. The molecule has 0 aliphatic carbocycles. The zero-order valence-corrected chi connectivity index (χ0v) is 26.5. The summed E-state index contributed by atoms with van der Waals surface area (Å²) >= 11 is 8.51. The molecule has 11 heteroatoms. The summed E-state index contributed by atoms with van der Waals surface area (Å²) in [6.45, 7) is 12.7. The molecule has 2 aromatic carbocycles. The molecular weight excluding hydrogens is 592 g/mol. The number of carbonyl (C=O) groups excluding carboxylic acids is 2. The molecule has 0 bridgehead atoms. The van der Waals surface area contributed by atoms with Crippen molar-refractivity contribution in [3.05, 3.63) is 88.5 Å². The van der Waals surface area contributed by atoms with Crippen LogP contribution in [-0.4, -0.2) is 39.5 Å². The molecule has 0 saturated carbocycles. The van der Waals surface area contributed by atoms with Crippen molar-refractivity contribution in [3.63, 3.8) is 0 Å². The van der Waals surface area contributed by atoms with Crippen LogP contribution in [0.15, 0.2) is 71.7 Å². The SMILES string of the molecule is C=CCn1c(SCC(=O)Nc2scc(-c3ccc(Cl)cc3)c2C(=O)OC)nnc1C(C)Oc1ccc(C(C)(C)C)cc1. The Morgan fingerprint density at radius 1 is 1.14 bits per heavy atom. The number of anilines is 1. The third-order valence-corrected chi connectivity index (χ3v) is 8.49. The Kier molecular flexibility index (Phi) is 10.1. The Balaban J connectivity index is 1.46. The first-order valence-corrected chi connectivity index (χ1v) is 15.5. The Morgan fingerprint density at radius 2 is 1.83 bits per heavy atom. The van der Waals surface area contributed by atoms with E-state index in [9.17, 15) is 9.59 Å². The lowest BCUT2D eigenvalue weighted by Gasteiger charge is -2.20. The summed E-state index contributed by atoms with van der Waals surface area (Å²) in [7, 11) is 1.31. The van der Waals surface area contributed by atoms with Gasteiger partial charge in [-0.25, -0.2) is 4.79 Å². The minimum Gasteiger partial charge on any atom is -0.483 e. The van der Waals surface area contributed by atoms with Gasteiger partial charge in [0.2, 0.25) is 5.91 Å². The van der Waals surface area contributed by atoms with Gasteiger partial charge >= 0.3 is 5.97 Å². The molecule has 1 atom stereocenters. The van der Waals surface area contributed by atoms with Crippen molar-refractivity contribution in [2.45, 2.75) is 50.9 Å². The molecule has 0 spiro atoms. The lowest BCUT2D eigenvalue weighted by molar-refractivity contribution is -0.113. The van der Waals surface area contributed by atoms with Crippen LogP contribution < -0.4 is 10.1 Å². The predicted octanol–water partition coefficient (Wildman–Crippen LogP) is 7.80. The van der Waals surface area contributed by atoms with Crippen LogP contribution in [0.3, 0.4) is 0 Å². The fourth-order valence-corrected chi connectivity index (χ4v) is 6.04. The number of allylic oxidation sites excluding steroid dienone is 1. The molecule has 0 saturated heterocycles. The summed E-state index contributed by atoms with van der Waals surface area (Å²) in [6.07, 6.45) is 1.36. The molecule has 8 nitrogen and oxygen atoms in total. The highest BCUT2D eigenvalue weighted by molar-refractivity contribution is 7.99. The van der Waals surface area contributed by atoms with Gasteiger partial charge in [0, 0.05) is 22.5 Å². The third-order valence-electron chi connectivity index (χ3n) is 6.38. The monoisotopic (exact) mass is 624 g/mol. The number of rotatable bonds is 11. The first-order chi connectivity index (χ1) is 20.0. The fraction of sp³-hybridized carbons (Fsp3) is 0.290. The number of ether oxygens (including phenoxy) is 2. The van der Waals surface area contributed by atoms with Crippen molar-refractivity contribution in [3.8, 4) is 16.9 Å². The van der Waals surface area contributed by atoms with Crippen LogP contribution in [0.4, 0.5) is 5.00 Å². The Labute approximate surface area is 259 Å². The molecule has 4 aromatic rings. The summed E-state index contributed by atoms with van der Waals surface area (Å²) in [4.78, 5) is 25.6. The highest BCUT2D eigenvalue weighted by Gasteiger charge is 2.24. The average molecular weight is 625 g/mol. The van der Waals surface area contributed by atoms with E-state index in [2.05, 4.69) is 55.0 Å². The fourth-order valence-electron chi connectivity index (χ4n) is 4.19. The van der Waals surface area contributed by atoms with Crippen molar-refractivity contribution >= 4 is 51.6 Å². The lowest BCUT2D eigenvalue weighted by Crippen LogP contribution is -2.17. The molecule has 2 heterocycles. The first kappa shape index (κ1) is 31.3. The number of esters is 1. The van der Waals surface area contributed by atoms with Gasteiger partial charge in [-0.15, -0.1) is 28.1 Å². The Hall–Kier alpha value is -3.60. The highest BCUT2D eigenvalue weighted by atomic mass is 35.5.